The summed E-state index contributed by atoms with van der Waals surface area (Å²) in [5, 5.41) is 0. The lowest BCUT2D eigenvalue weighted by atomic mass is 9.80. The smallest absolute Gasteiger partial charge is 0.126 e. The first-order valence-electron chi connectivity index (χ1n) is 6.78. The van der Waals surface area contributed by atoms with E-state index in [4.69, 9.17) is 18.9 Å². The standard InChI is InChI=1S/C14H26O6/c1-17-9-11-19-7-4-14(13-16,3-6-15)5-8-20-12-10-18-2/h6,13H,3-5,7-12H2,1-2H3. The number of carbonyl (C=O) groups is 2. The van der Waals surface area contributed by atoms with Crippen molar-refractivity contribution in [2.75, 3.05) is 53.9 Å². The largest absolute Gasteiger partial charge is 0.382 e. The molecule has 0 aromatic carbocycles. The molecule has 6 heteroatoms. The summed E-state index contributed by atoms with van der Waals surface area (Å²) in [6.07, 6.45) is 2.83. The Labute approximate surface area is 120 Å². The van der Waals surface area contributed by atoms with Gasteiger partial charge in [0, 0.05) is 39.3 Å². The molecule has 118 valence electrons. The Bertz CT molecular complexity index is 230. The highest BCUT2D eigenvalue weighted by atomic mass is 16.5. The Morgan fingerprint density at radius 2 is 1.30 bits per heavy atom. The Morgan fingerprint density at radius 1 is 0.800 bits per heavy atom. The molecule has 0 N–H and O–H groups in total. The van der Waals surface area contributed by atoms with Crippen molar-refractivity contribution < 1.29 is 28.5 Å². The van der Waals surface area contributed by atoms with Crippen LogP contribution >= 0.6 is 0 Å². The average Bonchev–Trinajstić information content (AvgIpc) is 2.46. The highest BCUT2D eigenvalue weighted by molar-refractivity contribution is 5.66. The maximum atomic E-state index is 11.3. The summed E-state index contributed by atoms with van der Waals surface area (Å²) in [6, 6.07) is 0. The van der Waals surface area contributed by atoms with Crippen molar-refractivity contribution in [1.82, 2.24) is 0 Å². The topological polar surface area (TPSA) is 71.1 Å². The number of methoxy groups -OCH3 is 2. The van der Waals surface area contributed by atoms with Crippen LogP contribution in [-0.4, -0.2) is 66.4 Å². The third kappa shape index (κ3) is 9.14. The molecule has 0 aliphatic rings. The van der Waals surface area contributed by atoms with Crippen molar-refractivity contribution >= 4 is 12.6 Å². The van der Waals surface area contributed by atoms with E-state index in [1.54, 1.807) is 14.2 Å². The van der Waals surface area contributed by atoms with Gasteiger partial charge in [-0.1, -0.05) is 0 Å². The monoisotopic (exact) mass is 290 g/mol. The number of hydrogen-bond donors (Lipinski definition) is 0. The average molecular weight is 290 g/mol. The molecular weight excluding hydrogens is 264 g/mol. The van der Waals surface area contributed by atoms with Crippen LogP contribution in [0.2, 0.25) is 0 Å². The van der Waals surface area contributed by atoms with Gasteiger partial charge in [-0.25, -0.2) is 0 Å². The molecule has 20 heavy (non-hydrogen) atoms. The molecule has 0 aliphatic heterocycles. The summed E-state index contributed by atoms with van der Waals surface area (Å²) in [5.74, 6) is 0. The highest BCUT2D eigenvalue weighted by Gasteiger charge is 2.29. The van der Waals surface area contributed by atoms with Gasteiger partial charge in [0.05, 0.1) is 26.4 Å². The van der Waals surface area contributed by atoms with Gasteiger partial charge in [-0.05, 0) is 12.8 Å². The van der Waals surface area contributed by atoms with Gasteiger partial charge in [0.1, 0.15) is 12.6 Å². The summed E-state index contributed by atoms with van der Waals surface area (Å²) < 4.78 is 20.5. The van der Waals surface area contributed by atoms with Crippen LogP contribution < -0.4 is 0 Å². The lowest BCUT2D eigenvalue weighted by Gasteiger charge is -2.25. The molecule has 0 radical (unpaired) electrons. The van der Waals surface area contributed by atoms with Crippen LogP contribution in [-0.2, 0) is 28.5 Å². The quantitative estimate of drug-likeness (QED) is 0.329. The molecule has 0 amide bonds. The maximum absolute atomic E-state index is 11.3. The first kappa shape index (κ1) is 19.2. The van der Waals surface area contributed by atoms with Gasteiger partial charge in [-0.2, -0.15) is 0 Å². The molecule has 0 saturated heterocycles. The van der Waals surface area contributed by atoms with Crippen LogP contribution in [0.1, 0.15) is 19.3 Å². The molecule has 0 saturated carbocycles. The number of hydrogen-bond acceptors (Lipinski definition) is 6. The maximum Gasteiger partial charge on any atom is 0.126 e. The zero-order chi connectivity index (χ0) is 15.1. The number of carbonyl (C=O) groups excluding carboxylic acids is 2. The molecule has 0 rings (SSSR count). The van der Waals surface area contributed by atoms with Crippen LogP contribution in [0.5, 0.6) is 0 Å². The van der Waals surface area contributed by atoms with Gasteiger partial charge in [0.2, 0.25) is 0 Å². The zero-order valence-corrected chi connectivity index (χ0v) is 12.5. The van der Waals surface area contributed by atoms with Crippen LogP contribution in [0.4, 0.5) is 0 Å². The first-order valence-corrected chi connectivity index (χ1v) is 6.78. The molecule has 0 atom stereocenters. The lowest BCUT2D eigenvalue weighted by Crippen LogP contribution is -2.28. The number of rotatable bonds is 15. The first-order chi connectivity index (χ1) is 9.74. The van der Waals surface area contributed by atoms with E-state index in [2.05, 4.69) is 0 Å². The van der Waals surface area contributed by atoms with Crippen molar-refractivity contribution in [3.8, 4) is 0 Å². The molecular formula is C14H26O6. The zero-order valence-electron chi connectivity index (χ0n) is 12.5. The molecule has 0 aromatic heterocycles. The Balaban J connectivity index is 4.06. The van der Waals surface area contributed by atoms with Crippen molar-refractivity contribution in [1.29, 1.82) is 0 Å². The van der Waals surface area contributed by atoms with Crippen molar-refractivity contribution in [3.05, 3.63) is 0 Å². The normalized spacial score (nSPS) is 11.5. The second-order valence-electron chi connectivity index (χ2n) is 4.56. The molecule has 0 heterocycles. The van der Waals surface area contributed by atoms with Crippen LogP contribution in [0.3, 0.4) is 0 Å². The minimum Gasteiger partial charge on any atom is -0.382 e. The molecule has 0 aliphatic carbocycles. The Morgan fingerprint density at radius 3 is 1.65 bits per heavy atom. The van der Waals surface area contributed by atoms with E-state index in [0.29, 0.717) is 52.5 Å². The third-order valence-corrected chi connectivity index (χ3v) is 3.09. The summed E-state index contributed by atoms with van der Waals surface area (Å²) >= 11 is 0. The highest BCUT2D eigenvalue weighted by Crippen LogP contribution is 2.27. The minimum absolute atomic E-state index is 0.192. The van der Waals surface area contributed by atoms with E-state index in [-0.39, 0.29) is 6.42 Å². The van der Waals surface area contributed by atoms with Crippen molar-refractivity contribution in [3.63, 3.8) is 0 Å². The van der Waals surface area contributed by atoms with Crippen molar-refractivity contribution in [2.45, 2.75) is 19.3 Å². The van der Waals surface area contributed by atoms with Gasteiger partial charge < -0.3 is 28.5 Å². The Hall–Kier alpha value is -0.820. The number of aldehydes is 2. The summed E-state index contributed by atoms with van der Waals surface area (Å²) in [6.45, 7) is 2.85. The van der Waals surface area contributed by atoms with E-state index in [9.17, 15) is 9.59 Å². The lowest BCUT2D eigenvalue weighted by molar-refractivity contribution is -0.123. The van der Waals surface area contributed by atoms with Gasteiger partial charge in [0.25, 0.3) is 0 Å². The summed E-state index contributed by atoms with van der Waals surface area (Å²) in [5.41, 5.74) is -0.693. The fourth-order valence-corrected chi connectivity index (χ4v) is 1.70. The van der Waals surface area contributed by atoms with Crippen LogP contribution in [0, 0.1) is 5.41 Å². The summed E-state index contributed by atoms with van der Waals surface area (Å²) in [4.78, 5) is 22.1. The summed E-state index contributed by atoms with van der Waals surface area (Å²) in [7, 11) is 3.20. The molecule has 0 fully saturated rings. The van der Waals surface area contributed by atoms with Gasteiger partial charge in [0.15, 0.2) is 0 Å². The minimum atomic E-state index is -0.693. The van der Waals surface area contributed by atoms with Gasteiger partial charge in [-0.3, -0.25) is 0 Å². The molecule has 0 bridgehead atoms. The molecule has 0 unspecified atom stereocenters. The van der Waals surface area contributed by atoms with Crippen LogP contribution in [0.15, 0.2) is 0 Å². The second-order valence-corrected chi connectivity index (χ2v) is 4.56. The predicted molar refractivity (Wildman–Crippen MR) is 73.8 cm³/mol. The van der Waals surface area contributed by atoms with Crippen LogP contribution in [0.25, 0.3) is 0 Å². The molecule has 0 spiro atoms. The van der Waals surface area contributed by atoms with E-state index >= 15 is 0 Å². The molecule has 6 nitrogen and oxygen atoms in total. The molecule has 0 aromatic rings. The second kappa shape index (κ2) is 13.2. The fraction of sp³-hybridized carbons (Fsp3) is 0.857. The fourth-order valence-electron chi connectivity index (χ4n) is 1.70. The van der Waals surface area contributed by atoms with E-state index < -0.39 is 5.41 Å². The Kier molecular flexibility index (Phi) is 12.6. The SMILES string of the molecule is COCCOCCC(C=O)(CC=O)CCOCCOC. The van der Waals surface area contributed by atoms with E-state index in [1.165, 1.54) is 0 Å². The number of ether oxygens (including phenoxy) is 4. The van der Waals surface area contributed by atoms with E-state index in [0.717, 1.165) is 12.6 Å². The van der Waals surface area contributed by atoms with Crippen molar-refractivity contribution in [2.24, 2.45) is 5.41 Å². The predicted octanol–water partition coefficient (Wildman–Crippen LogP) is 0.867. The van der Waals surface area contributed by atoms with Gasteiger partial charge in [-0.15, -0.1) is 0 Å². The van der Waals surface area contributed by atoms with E-state index in [1.807, 2.05) is 0 Å². The third-order valence-electron chi connectivity index (χ3n) is 3.09. The van der Waals surface area contributed by atoms with Gasteiger partial charge >= 0.3 is 0 Å².